The molecule has 1 fully saturated rings. The van der Waals surface area contributed by atoms with E-state index >= 15 is 0 Å². The van der Waals surface area contributed by atoms with Crippen molar-refractivity contribution in [3.63, 3.8) is 0 Å². The van der Waals surface area contributed by atoms with E-state index < -0.39 is 6.36 Å². The van der Waals surface area contributed by atoms with Gasteiger partial charge in [0.15, 0.2) is 0 Å². The molecule has 100 valence electrons. The van der Waals surface area contributed by atoms with Crippen LogP contribution in [0.5, 0.6) is 5.75 Å². The predicted molar refractivity (Wildman–Crippen MR) is 67.0 cm³/mol. The molecule has 0 aromatic heterocycles. The summed E-state index contributed by atoms with van der Waals surface area (Å²) in [5.74, 6) is 0.0265. The molecule has 1 aliphatic carbocycles. The fourth-order valence-corrected chi connectivity index (χ4v) is 3.31. The topological polar surface area (TPSA) is 9.23 Å². The Kier molecular flexibility index (Phi) is 4.20. The third-order valence-electron chi connectivity index (χ3n) is 3.23. The molecular weight excluding hydrogens is 309 g/mol. The van der Waals surface area contributed by atoms with Gasteiger partial charge in [0, 0.05) is 10.7 Å². The zero-order valence-corrected chi connectivity index (χ0v) is 11.3. The lowest BCUT2D eigenvalue weighted by Crippen LogP contribution is -2.22. The van der Waals surface area contributed by atoms with E-state index in [1.54, 1.807) is 18.2 Å². The normalized spacial score (nSPS) is 24.9. The molecule has 0 bridgehead atoms. The summed E-state index contributed by atoms with van der Waals surface area (Å²) in [6.45, 7) is 0. The number of benzene rings is 1. The first-order chi connectivity index (χ1) is 8.47. The smallest absolute Gasteiger partial charge is 0.405 e. The van der Waals surface area contributed by atoms with Crippen molar-refractivity contribution >= 4 is 15.9 Å². The summed E-state index contributed by atoms with van der Waals surface area (Å²) in [6, 6.07) is 6.44. The monoisotopic (exact) mass is 322 g/mol. The maximum atomic E-state index is 12.4. The second-order valence-corrected chi connectivity index (χ2v) is 5.67. The highest BCUT2D eigenvalue weighted by Crippen LogP contribution is 2.42. The molecule has 0 radical (unpaired) electrons. The van der Waals surface area contributed by atoms with Crippen LogP contribution in [0.4, 0.5) is 13.2 Å². The second kappa shape index (κ2) is 5.51. The molecule has 1 aromatic carbocycles. The van der Waals surface area contributed by atoms with Gasteiger partial charge >= 0.3 is 6.36 Å². The van der Waals surface area contributed by atoms with Crippen molar-refractivity contribution in [2.24, 2.45) is 0 Å². The molecule has 1 nitrogen and oxygen atoms in total. The van der Waals surface area contributed by atoms with Crippen LogP contribution >= 0.6 is 15.9 Å². The minimum absolute atomic E-state index is 0.0682. The minimum Gasteiger partial charge on any atom is -0.405 e. The third kappa shape index (κ3) is 3.40. The Labute approximate surface area is 112 Å². The SMILES string of the molecule is FC(F)(F)Oc1ccccc1C1CCCCC1Br. The summed E-state index contributed by atoms with van der Waals surface area (Å²) in [7, 11) is 0. The van der Waals surface area contributed by atoms with Crippen LogP contribution in [0.3, 0.4) is 0 Å². The molecule has 0 heterocycles. The van der Waals surface area contributed by atoms with Crippen molar-refractivity contribution in [2.45, 2.75) is 42.8 Å². The zero-order chi connectivity index (χ0) is 13.2. The lowest BCUT2D eigenvalue weighted by molar-refractivity contribution is -0.275. The number of hydrogen-bond acceptors (Lipinski definition) is 1. The van der Waals surface area contributed by atoms with E-state index in [-0.39, 0.29) is 16.5 Å². The van der Waals surface area contributed by atoms with Crippen molar-refractivity contribution in [3.05, 3.63) is 29.8 Å². The van der Waals surface area contributed by atoms with E-state index in [2.05, 4.69) is 20.7 Å². The Hall–Kier alpha value is -0.710. The largest absolute Gasteiger partial charge is 0.573 e. The van der Waals surface area contributed by atoms with Crippen LogP contribution in [-0.4, -0.2) is 11.2 Å². The molecule has 0 N–H and O–H groups in total. The Morgan fingerprint density at radius 3 is 2.44 bits per heavy atom. The van der Waals surface area contributed by atoms with Gasteiger partial charge < -0.3 is 4.74 Å². The molecule has 1 saturated carbocycles. The predicted octanol–water partition coefficient (Wildman–Crippen LogP) is 5.01. The molecule has 2 atom stereocenters. The van der Waals surface area contributed by atoms with Gasteiger partial charge in [-0.2, -0.15) is 0 Å². The lowest BCUT2D eigenvalue weighted by atomic mass is 9.83. The zero-order valence-electron chi connectivity index (χ0n) is 9.71. The molecule has 2 unspecified atom stereocenters. The van der Waals surface area contributed by atoms with E-state index in [1.807, 2.05) is 0 Å². The van der Waals surface area contributed by atoms with Gasteiger partial charge in [0.1, 0.15) is 5.75 Å². The van der Waals surface area contributed by atoms with Gasteiger partial charge in [0.25, 0.3) is 0 Å². The maximum Gasteiger partial charge on any atom is 0.573 e. The second-order valence-electron chi connectivity index (χ2n) is 4.49. The number of rotatable bonds is 2. The van der Waals surface area contributed by atoms with Gasteiger partial charge in [-0.15, -0.1) is 13.2 Å². The number of para-hydroxylation sites is 1. The van der Waals surface area contributed by atoms with E-state index in [0.29, 0.717) is 5.56 Å². The highest BCUT2D eigenvalue weighted by Gasteiger charge is 2.34. The van der Waals surface area contributed by atoms with Crippen molar-refractivity contribution < 1.29 is 17.9 Å². The molecule has 1 aliphatic rings. The van der Waals surface area contributed by atoms with Crippen molar-refractivity contribution in [3.8, 4) is 5.75 Å². The van der Waals surface area contributed by atoms with Crippen LogP contribution in [-0.2, 0) is 0 Å². The summed E-state index contributed by atoms with van der Waals surface area (Å²) >= 11 is 3.57. The average molecular weight is 323 g/mol. The number of hydrogen-bond donors (Lipinski definition) is 0. The van der Waals surface area contributed by atoms with Gasteiger partial charge in [-0.1, -0.05) is 47.0 Å². The molecule has 2 rings (SSSR count). The average Bonchev–Trinajstić information content (AvgIpc) is 2.29. The van der Waals surface area contributed by atoms with Crippen molar-refractivity contribution in [1.82, 2.24) is 0 Å². The Morgan fingerprint density at radius 1 is 1.11 bits per heavy atom. The summed E-state index contributed by atoms with van der Waals surface area (Å²) in [5, 5.41) is 0. The number of ether oxygens (including phenoxy) is 1. The third-order valence-corrected chi connectivity index (χ3v) is 4.32. The fraction of sp³-hybridized carbons (Fsp3) is 0.538. The van der Waals surface area contributed by atoms with Crippen LogP contribution in [0.15, 0.2) is 24.3 Å². The first kappa shape index (κ1) is 13.7. The van der Waals surface area contributed by atoms with E-state index in [1.165, 1.54) is 6.07 Å². The summed E-state index contributed by atoms with van der Waals surface area (Å²) < 4.78 is 41.2. The van der Waals surface area contributed by atoms with Gasteiger partial charge in [-0.05, 0) is 24.5 Å². The minimum atomic E-state index is -4.63. The van der Waals surface area contributed by atoms with Crippen LogP contribution < -0.4 is 4.74 Å². The first-order valence-electron chi connectivity index (χ1n) is 5.96. The van der Waals surface area contributed by atoms with Crippen molar-refractivity contribution in [1.29, 1.82) is 0 Å². The summed E-state index contributed by atoms with van der Waals surface area (Å²) in [5.41, 5.74) is 0.649. The van der Waals surface area contributed by atoms with E-state index in [4.69, 9.17) is 0 Å². The summed E-state index contributed by atoms with van der Waals surface area (Å²) in [6.07, 6.45) is -0.576. The molecule has 0 amide bonds. The van der Waals surface area contributed by atoms with E-state index in [0.717, 1.165) is 25.7 Å². The molecule has 18 heavy (non-hydrogen) atoms. The molecular formula is C13H14BrF3O. The maximum absolute atomic E-state index is 12.4. The fourth-order valence-electron chi connectivity index (χ4n) is 2.44. The standard InChI is InChI=1S/C13H14BrF3O/c14-11-7-3-1-5-9(11)10-6-2-4-8-12(10)18-13(15,16)17/h2,4,6,8-9,11H,1,3,5,7H2. The number of alkyl halides is 4. The first-order valence-corrected chi connectivity index (χ1v) is 6.87. The quantitative estimate of drug-likeness (QED) is 0.696. The van der Waals surface area contributed by atoms with Crippen LogP contribution in [0.25, 0.3) is 0 Å². The van der Waals surface area contributed by atoms with Gasteiger partial charge in [-0.3, -0.25) is 0 Å². The highest BCUT2D eigenvalue weighted by atomic mass is 79.9. The number of halogens is 4. The van der Waals surface area contributed by atoms with Gasteiger partial charge in [0.05, 0.1) is 0 Å². The lowest BCUT2D eigenvalue weighted by Gasteiger charge is -2.29. The molecule has 0 aliphatic heterocycles. The Morgan fingerprint density at radius 2 is 1.78 bits per heavy atom. The van der Waals surface area contributed by atoms with Gasteiger partial charge in [0.2, 0.25) is 0 Å². The van der Waals surface area contributed by atoms with Crippen LogP contribution in [0.2, 0.25) is 0 Å². The summed E-state index contributed by atoms with van der Waals surface area (Å²) in [4.78, 5) is 0.226. The highest BCUT2D eigenvalue weighted by molar-refractivity contribution is 9.09. The van der Waals surface area contributed by atoms with E-state index in [9.17, 15) is 13.2 Å². The van der Waals surface area contributed by atoms with Gasteiger partial charge in [-0.25, -0.2) is 0 Å². The van der Waals surface area contributed by atoms with Crippen LogP contribution in [0, 0.1) is 0 Å². The molecule has 5 heteroatoms. The molecule has 0 saturated heterocycles. The molecule has 0 spiro atoms. The van der Waals surface area contributed by atoms with Crippen LogP contribution in [0.1, 0.15) is 37.2 Å². The Balaban J connectivity index is 2.26. The molecule has 1 aromatic rings. The van der Waals surface area contributed by atoms with Crippen molar-refractivity contribution in [2.75, 3.05) is 0 Å². The Bertz CT molecular complexity index is 405.